The van der Waals surface area contributed by atoms with Crippen molar-refractivity contribution in [1.82, 2.24) is 10.2 Å². The maximum atomic E-state index is 11.6. The van der Waals surface area contributed by atoms with Gasteiger partial charge in [-0.25, -0.2) is 8.42 Å². The summed E-state index contributed by atoms with van der Waals surface area (Å²) >= 11 is 0. The van der Waals surface area contributed by atoms with Crippen LogP contribution in [-0.2, 0) is 14.6 Å². The molecule has 2 aliphatic rings. The number of sulfone groups is 1. The molecule has 0 aromatic carbocycles. The van der Waals surface area contributed by atoms with Gasteiger partial charge in [0.15, 0.2) is 9.84 Å². The molecule has 0 aromatic heterocycles. The van der Waals surface area contributed by atoms with Crippen LogP contribution in [0.15, 0.2) is 0 Å². The minimum Gasteiger partial charge on any atom is -0.381 e. The highest BCUT2D eigenvalue weighted by Crippen LogP contribution is 2.30. The summed E-state index contributed by atoms with van der Waals surface area (Å²) < 4.78 is 28.9. The van der Waals surface area contributed by atoms with Crippen LogP contribution in [0.25, 0.3) is 0 Å². The van der Waals surface area contributed by atoms with Gasteiger partial charge in [-0.1, -0.05) is 6.92 Å². The molecule has 2 unspecified atom stereocenters. The van der Waals surface area contributed by atoms with E-state index in [9.17, 15) is 8.42 Å². The maximum absolute atomic E-state index is 11.6. The van der Waals surface area contributed by atoms with Crippen LogP contribution in [0.5, 0.6) is 0 Å². The van der Waals surface area contributed by atoms with Crippen LogP contribution in [0.2, 0.25) is 0 Å². The lowest BCUT2D eigenvalue weighted by molar-refractivity contribution is 0.0950. The normalized spacial score (nSPS) is 35.6. The average molecular weight is 290 g/mol. The van der Waals surface area contributed by atoms with Crippen LogP contribution in [0.1, 0.15) is 20.3 Å². The number of hydrogen-bond acceptors (Lipinski definition) is 5. The molecule has 0 bridgehead atoms. The summed E-state index contributed by atoms with van der Waals surface area (Å²) in [5.41, 5.74) is 0.158. The lowest BCUT2D eigenvalue weighted by Crippen LogP contribution is -2.53. The van der Waals surface area contributed by atoms with E-state index in [-0.39, 0.29) is 11.5 Å². The molecule has 2 rings (SSSR count). The van der Waals surface area contributed by atoms with Crippen molar-refractivity contribution in [3.05, 3.63) is 0 Å². The molecule has 0 radical (unpaired) electrons. The molecule has 112 valence electrons. The fraction of sp³-hybridized carbons (Fsp3) is 1.00. The van der Waals surface area contributed by atoms with Crippen LogP contribution in [-0.4, -0.2) is 70.3 Å². The van der Waals surface area contributed by atoms with Gasteiger partial charge in [-0.3, -0.25) is 4.90 Å². The van der Waals surface area contributed by atoms with E-state index < -0.39 is 9.84 Å². The van der Waals surface area contributed by atoms with Gasteiger partial charge in [-0.15, -0.1) is 0 Å². The van der Waals surface area contributed by atoms with Crippen molar-refractivity contribution in [2.24, 2.45) is 5.41 Å². The fourth-order valence-corrected chi connectivity index (χ4v) is 4.68. The summed E-state index contributed by atoms with van der Waals surface area (Å²) in [6.07, 6.45) is 1.07. The van der Waals surface area contributed by atoms with E-state index in [0.29, 0.717) is 18.1 Å². The van der Waals surface area contributed by atoms with Crippen molar-refractivity contribution < 1.29 is 13.2 Å². The first kappa shape index (κ1) is 15.2. The smallest absolute Gasteiger partial charge is 0.153 e. The van der Waals surface area contributed by atoms with Crippen molar-refractivity contribution in [2.45, 2.75) is 26.3 Å². The largest absolute Gasteiger partial charge is 0.381 e. The van der Waals surface area contributed by atoms with E-state index >= 15 is 0 Å². The first-order valence-electron chi connectivity index (χ1n) is 7.19. The molecule has 0 aliphatic carbocycles. The second-order valence-corrected chi connectivity index (χ2v) is 8.25. The maximum Gasteiger partial charge on any atom is 0.153 e. The van der Waals surface area contributed by atoms with Gasteiger partial charge in [0, 0.05) is 37.7 Å². The van der Waals surface area contributed by atoms with Crippen molar-refractivity contribution in [3.8, 4) is 0 Å². The lowest BCUT2D eigenvalue weighted by atomic mass is 9.86. The van der Waals surface area contributed by atoms with Gasteiger partial charge < -0.3 is 10.1 Å². The Bertz CT molecular complexity index is 391. The van der Waals surface area contributed by atoms with Crippen molar-refractivity contribution in [2.75, 3.05) is 50.9 Å². The number of nitrogens with zero attached hydrogens (tertiary/aromatic N) is 1. The van der Waals surface area contributed by atoms with E-state index in [4.69, 9.17) is 4.74 Å². The predicted molar refractivity (Wildman–Crippen MR) is 76.1 cm³/mol. The predicted octanol–water partition coefficient (Wildman–Crippen LogP) is 0.122. The molecule has 1 N–H and O–H groups in total. The number of rotatable bonds is 5. The molecule has 2 heterocycles. The first-order chi connectivity index (χ1) is 8.96. The Morgan fingerprint density at radius 1 is 1.47 bits per heavy atom. The zero-order valence-corrected chi connectivity index (χ0v) is 12.8. The molecule has 2 saturated heterocycles. The summed E-state index contributed by atoms with van der Waals surface area (Å²) in [5, 5.41) is 3.43. The molecular weight excluding hydrogens is 264 g/mol. The van der Waals surface area contributed by atoms with Crippen molar-refractivity contribution in [1.29, 1.82) is 0 Å². The van der Waals surface area contributed by atoms with Gasteiger partial charge in [-0.05, 0) is 19.9 Å². The molecule has 2 fully saturated rings. The first-order valence-corrected chi connectivity index (χ1v) is 9.01. The molecule has 0 spiro atoms. The molecule has 0 saturated carbocycles. The Morgan fingerprint density at radius 2 is 2.26 bits per heavy atom. The minimum atomic E-state index is -2.82. The standard InChI is InChI=1S/C13H26N2O3S/c1-3-14-9-13(4-6-18-11-13)10-15-5-7-19(16,17)8-12(15)2/h12,14H,3-11H2,1-2H3. The van der Waals surface area contributed by atoms with E-state index in [0.717, 1.165) is 39.3 Å². The fourth-order valence-electron chi connectivity index (χ4n) is 3.06. The number of ether oxygens (including phenoxy) is 1. The number of hydrogen-bond donors (Lipinski definition) is 1. The topological polar surface area (TPSA) is 58.6 Å². The second kappa shape index (κ2) is 6.08. The molecule has 0 aromatic rings. The molecular formula is C13H26N2O3S. The van der Waals surface area contributed by atoms with Gasteiger partial charge in [0.05, 0.1) is 18.1 Å². The third kappa shape index (κ3) is 3.90. The summed E-state index contributed by atoms with van der Waals surface area (Å²) in [5.74, 6) is 0.598. The quantitative estimate of drug-likeness (QED) is 0.779. The number of nitrogens with one attached hydrogen (secondary N) is 1. The minimum absolute atomic E-state index is 0.123. The van der Waals surface area contributed by atoms with Gasteiger partial charge in [0.2, 0.25) is 0 Å². The molecule has 0 amide bonds. The van der Waals surface area contributed by atoms with Gasteiger partial charge >= 0.3 is 0 Å². The Balaban J connectivity index is 1.98. The molecule has 5 nitrogen and oxygen atoms in total. The Labute approximate surface area is 116 Å². The highest BCUT2D eigenvalue weighted by atomic mass is 32.2. The van der Waals surface area contributed by atoms with Crippen molar-refractivity contribution in [3.63, 3.8) is 0 Å². The average Bonchev–Trinajstić information content (AvgIpc) is 2.79. The summed E-state index contributed by atoms with van der Waals surface area (Å²) in [4.78, 5) is 2.33. The lowest BCUT2D eigenvalue weighted by Gasteiger charge is -2.40. The van der Waals surface area contributed by atoms with Crippen LogP contribution < -0.4 is 5.32 Å². The van der Waals surface area contributed by atoms with Gasteiger partial charge in [0.25, 0.3) is 0 Å². The van der Waals surface area contributed by atoms with Gasteiger partial charge in [-0.2, -0.15) is 0 Å². The van der Waals surface area contributed by atoms with Crippen LogP contribution >= 0.6 is 0 Å². The SMILES string of the molecule is CCNCC1(CN2CCS(=O)(=O)CC2C)CCOC1. The molecule has 2 atom stereocenters. The Hall–Kier alpha value is -0.170. The molecule has 19 heavy (non-hydrogen) atoms. The van der Waals surface area contributed by atoms with E-state index in [1.165, 1.54) is 0 Å². The molecule has 6 heteroatoms. The zero-order chi connectivity index (χ0) is 13.9. The van der Waals surface area contributed by atoms with Crippen LogP contribution in [0.4, 0.5) is 0 Å². The van der Waals surface area contributed by atoms with E-state index in [1.54, 1.807) is 0 Å². The van der Waals surface area contributed by atoms with Crippen molar-refractivity contribution >= 4 is 9.84 Å². The second-order valence-electron chi connectivity index (χ2n) is 6.02. The highest BCUT2D eigenvalue weighted by Gasteiger charge is 2.39. The van der Waals surface area contributed by atoms with E-state index in [1.807, 2.05) is 6.92 Å². The molecule has 2 aliphatic heterocycles. The third-order valence-corrected chi connectivity index (χ3v) is 6.08. The summed E-state index contributed by atoms with van der Waals surface area (Å²) in [7, 11) is -2.82. The monoisotopic (exact) mass is 290 g/mol. The summed E-state index contributed by atoms with van der Waals surface area (Å²) in [6, 6.07) is 0.123. The Kier molecular flexibility index (Phi) is 4.87. The zero-order valence-electron chi connectivity index (χ0n) is 12.0. The third-order valence-electron chi connectivity index (χ3n) is 4.28. The van der Waals surface area contributed by atoms with Crippen LogP contribution in [0.3, 0.4) is 0 Å². The van der Waals surface area contributed by atoms with E-state index in [2.05, 4.69) is 17.1 Å². The van der Waals surface area contributed by atoms with Crippen LogP contribution in [0, 0.1) is 5.41 Å². The highest BCUT2D eigenvalue weighted by molar-refractivity contribution is 7.91. The summed E-state index contributed by atoms with van der Waals surface area (Å²) in [6.45, 7) is 9.27. The van der Waals surface area contributed by atoms with Gasteiger partial charge in [0.1, 0.15) is 0 Å². The Morgan fingerprint density at radius 3 is 2.84 bits per heavy atom.